The number of nitrogens with zero attached hydrogens (tertiary/aromatic N) is 1. The first-order chi connectivity index (χ1) is 9.08. The minimum Gasteiger partial charge on any atom is -0.480 e. The minimum atomic E-state index is -0.924. The third-order valence-corrected chi connectivity index (χ3v) is 5.20. The molecule has 102 valence electrons. The van der Waals surface area contributed by atoms with Gasteiger partial charge in [0, 0.05) is 15.1 Å². The Labute approximate surface area is 128 Å². The minimum absolute atomic E-state index is 0.120. The lowest BCUT2D eigenvalue weighted by atomic mass is 10.3. The number of rotatable bonds is 4. The summed E-state index contributed by atoms with van der Waals surface area (Å²) in [5.74, 6) is 0.171. The number of carbonyl (C=O) groups excluding carboxylic acids is 1. The van der Waals surface area contributed by atoms with Crippen molar-refractivity contribution in [3.63, 3.8) is 0 Å². The molecule has 7 heteroatoms. The van der Waals surface area contributed by atoms with E-state index in [1.54, 1.807) is 0 Å². The van der Waals surface area contributed by atoms with Crippen LogP contribution in [0.3, 0.4) is 0 Å². The molecule has 1 N–H and O–H groups in total. The molecule has 19 heavy (non-hydrogen) atoms. The number of carboxylic acids is 1. The monoisotopic (exact) mass is 361 g/mol. The molecule has 0 saturated carbocycles. The van der Waals surface area contributed by atoms with Crippen molar-refractivity contribution in [3.05, 3.63) is 28.7 Å². The molecule has 2 rings (SSSR count). The standard InChI is InChI=1S/C12H12BrNO3S2/c13-8-1-3-9(4-2-8)19-6-11(15)14-7-18-5-10(14)12(16)17/h1-4,10H,5-7H2,(H,16,17)/t10-/m0/s1. The third kappa shape index (κ3) is 3.90. The molecular weight excluding hydrogens is 350 g/mol. The number of benzene rings is 1. The lowest BCUT2D eigenvalue weighted by Gasteiger charge is -2.20. The Morgan fingerprint density at radius 2 is 2.11 bits per heavy atom. The maximum absolute atomic E-state index is 12.0. The summed E-state index contributed by atoms with van der Waals surface area (Å²) in [7, 11) is 0. The van der Waals surface area contributed by atoms with Crippen molar-refractivity contribution in [1.82, 2.24) is 4.90 Å². The Balaban J connectivity index is 1.90. The molecule has 0 aromatic heterocycles. The van der Waals surface area contributed by atoms with Gasteiger partial charge in [0.25, 0.3) is 0 Å². The van der Waals surface area contributed by atoms with E-state index in [9.17, 15) is 9.59 Å². The summed E-state index contributed by atoms with van der Waals surface area (Å²) < 4.78 is 0.991. The van der Waals surface area contributed by atoms with Crippen LogP contribution in [-0.2, 0) is 9.59 Å². The molecule has 1 aliphatic rings. The zero-order chi connectivity index (χ0) is 13.8. The smallest absolute Gasteiger partial charge is 0.327 e. The SMILES string of the molecule is O=C(O)[C@@H]1CSCN1C(=O)CSc1ccc(Br)cc1. The molecule has 4 nitrogen and oxygen atoms in total. The normalized spacial score (nSPS) is 18.6. The van der Waals surface area contributed by atoms with E-state index in [2.05, 4.69) is 15.9 Å². The van der Waals surface area contributed by atoms with E-state index >= 15 is 0 Å². The first-order valence-electron chi connectivity index (χ1n) is 5.56. The van der Waals surface area contributed by atoms with Gasteiger partial charge in [-0.2, -0.15) is 0 Å². The second kappa shape index (κ2) is 6.67. The highest BCUT2D eigenvalue weighted by molar-refractivity contribution is 9.10. The number of hydrogen-bond acceptors (Lipinski definition) is 4. The fraction of sp³-hybridized carbons (Fsp3) is 0.333. The molecule has 1 fully saturated rings. The Morgan fingerprint density at radius 1 is 1.42 bits per heavy atom. The number of hydrogen-bond donors (Lipinski definition) is 1. The molecule has 1 aliphatic heterocycles. The Hall–Kier alpha value is -0.660. The van der Waals surface area contributed by atoms with Crippen LogP contribution in [0.5, 0.6) is 0 Å². The largest absolute Gasteiger partial charge is 0.480 e. The summed E-state index contributed by atoms with van der Waals surface area (Å²) in [4.78, 5) is 25.5. The Bertz CT molecular complexity index is 480. The van der Waals surface area contributed by atoms with Crippen molar-refractivity contribution < 1.29 is 14.7 Å². The van der Waals surface area contributed by atoms with Crippen LogP contribution < -0.4 is 0 Å². The van der Waals surface area contributed by atoms with Crippen LogP contribution >= 0.6 is 39.5 Å². The number of halogens is 1. The Morgan fingerprint density at radius 3 is 2.74 bits per heavy atom. The van der Waals surface area contributed by atoms with Gasteiger partial charge in [-0.15, -0.1) is 23.5 Å². The van der Waals surface area contributed by atoms with E-state index in [1.165, 1.54) is 28.4 Å². The number of carbonyl (C=O) groups is 2. The molecule has 0 radical (unpaired) electrons. The summed E-state index contributed by atoms with van der Waals surface area (Å²) in [6.07, 6.45) is 0. The summed E-state index contributed by atoms with van der Waals surface area (Å²) in [6.45, 7) is 0. The quantitative estimate of drug-likeness (QED) is 0.835. The third-order valence-electron chi connectivity index (χ3n) is 2.66. The highest BCUT2D eigenvalue weighted by Crippen LogP contribution is 2.25. The van der Waals surface area contributed by atoms with Crippen molar-refractivity contribution in [1.29, 1.82) is 0 Å². The molecule has 0 unspecified atom stereocenters. The van der Waals surface area contributed by atoms with Gasteiger partial charge < -0.3 is 10.0 Å². The second-order valence-electron chi connectivity index (χ2n) is 3.96. The van der Waals surface area contributed by atoms with Gasteiger partial charge in [0.2, 0.25) is 5.91 Å². The van der Waals surface area contributed by atoms with Crippen LogP contribution in [0, 0.1) is 0 Å². The maximum Gasteiger partial charge on any atom is 0.327 e. The van der Waals surface area contributed by atoms with Crippen LogP contribution in [0.4, 0.5) is 0 Å². The molecule has 1 atom stereocenters. The first-order valence-corrected chi connectivity index (χ1v) is 8.49. The van der Waals surface area contributed by atoms with Crippen LogP contribution in [0.25, 0.3) is 0 Å². The van der Waals surface area contributed by atoms with E-state index in [0.29, 0.717) is 11.6 Å². The predicted octanol–water partition coefficient (Wildman–Crippen LogP) is 2.53. The average molecular weight is 362 g/mol. The van der Waals surface area contributed by atoms with Gasteiger partial charge in [-0.1, -0.05) is 15.9 Å². The van der Waals surface area contributed by atoms with Crippen molar-refractivity contribution in [2.45, 2.75) is 10.9 Å². The topological polar surface area (TPSA) is 57.6 Å². The zero-order valence-electron chi connectivity index (χ0n) is 9.91. The predicted molar refractivity (Wildman–Crippen MR) is 80.5 cm³/mol. The average Bonchev–Trinajstić information content (AvgIpc) is 2.87. The van der Waals surface area contributed by atoms with E-state index in [0.717, 1.165) is 9.37 Å². The van der Waals surface area contributed by atoms with Crippen molar-refractivity contribution in [2.75, 3.05) is 17.4 Å². The number of thioether (sulfide) groups is 2. The molecule has 0 aliphatic carbocycles. The number of aliphatic carboxylic acids is 1. The second-order valence-corrected chi connectivity index (χ2v) is 6.92. The highest BCUT2D eigenvalue weighted by atomic mass is 79.9. The van der Waals surface area contributed by atoms with Crippen LogP contribution in [0.2, 0.25) is 0 Å². The highest BCUT2D eigenvalue weighted by Gasteiger charge is 2.34. The summed E-state index contributed by atoms with van der Waals surface area (Å²) in [6, 6.07) is 7.00. The summed E-state index contributed by atoms with van der Waals surface area (Å²) in [5, 5.41) is 9.03. The van der Waals surface area contributed by atoms with E-state index < -0.39 is 12.0 Å². The first kappa shape index (κ1) is 14.7. The summed E-state index contributed by atoms with van der Waals surface area (Å²) in [5.41, 5.74) is 0. The Kier molecular flexibility index (Phi) is 5.18. The van der Waals surface area contributed by atoms with E-state index in [-0.39, 0.29) is 11.7 Å². The molecule has 1 heterocycles. The zero-order valence-corrected chi connectivity index (χ0v) is 13.1. The summed E-state index contributed by atoms with van der Waals surface area (Å²) >= 11 is 6.25. The van der Waals surface area contributed by atoms with E-state index in [4.69, 9.17) is 5.11 Å². The lowest BCUT2D eigenvalue weighted by Crippen LogP contribution is -2.42. The molecule has 0 bridgehead atoms. The van der Waals surface area contributed by atoms with Crippen molar-refractivity contribution in [2.24, 2.45) is 0 Å². The van der Waals surface area contributed by atoms with Gasteiger partial charge in [-0.3, -0.25) is 4.79 Å². The van der Waals surface area contributed by atoms with Crippen LogP contribution in [0.1, 0.15) is 0 Å². The van der Waals surface area contributed by atoms with Gasteiger partial charge in [0.05, 0.1) is 11.6 Å². The van der Waals surface area contributed by atoms with Gasteiger partial charge in [-0.25, -0.2) is 4.79 Å². The van der Waals surface area contributed by atoms with Crippen LogP contribution in [-0.4, -0.2) is 45.3 Å². The number of carboxylic acid groups (broad SMARTS) is 1. The molecular formula is C12H12BrNO3S2. The lowest BCUT2D eigenvalue weighted by molar-refractivity contribution is -0.146. The molecule has 1 aromatic rings. The molecule has 1 aromatic carbocycles. The van der Waals surface area contributed by atoms with Gasteiger partial charge in [0.15, 0.2) is 0 Å². The van der Waals surface area contributed by atoms with Crippen molar-refractivity contribution >= 4 is 51.3 Å². The fourth-order valence-electron chi connectivity index (χ4n) is 1.65. The van der Waals surface area contributed by atoms with Gasteiger partial charge >= 0.3 is 5.97 Å². The van der Waals surface area contributed by atoms with Gasteiger partial charge in [-0.05, 0) is 24.3 Å². The number of amides is 1. The van der Waals surface area contributed by atoms with E-state index in [1.807, 2.05) is 24.3 Å². The maximum atomic E-state index is 12.0. The molecule has 1 saturated heterocycles. The molecule has 1 amide bonds. The van der Waals surface area contributed by atoms with Crippen LogP contribution in [0.15, 0.2) is 33.6 Å². The van der Waals surface area contributed by atoms with Gasteiger partial charge in [0.1, 0.15) is 6.04 Å². The van der Waals surface area contributed by atoms with Crippen molar-refractivity contribution in [3.8, 4) is 0 Å². The fourth-order valence-corrected chi connectivity index (χ4v) is 3.87. The molecule has 0 spiro atoms.